The minimum absolute atomic E-state index is 0.549. The number of halogens is 1. The molecule has 0 atom stereocenters. The molecular formula is C13H17BrN2O3. The summed E-state index contributed by atoms with van der Waals surface area (Å²) in [6.45, 7) is 5.36. The lowest BCUT2D eigenvalue weighted by atomic mass is 10.2. The topological polar surface area (TPSA) is 59.9 Å². The molecule has 0 aliphatic carbocycles. The quantitative estimate of drug-likeness (QED) is 0.684. The highest BCUT2D eigenvalue weighted by Gasteiger charge is 2.15. The van der Waals surface area contributed by atoms with E-state index in [-0.39, 0.29) is 0 Å². The molecule has 19 heavy (non-hydrogen) atoms. The number of amides is 1. The molecule has 1 rings (SSSR count). The lowest BCUT2D eigenvalue weighted by Crippen LogP contribution is -2.29. The van der Waals surface area contributed by atoms with Crippen LogP contribution in [-0.4, -0.2) is 25.0 Å². The Morgan fingerprint density at radius 2 is 2.11 bits per heavy atom. The van der Waals surface area contributed by atoms with E-state index in [2.05, 4.69) is 26.5 Å². The first-order valence-corrected chi connectivity index (χ1v) is 6.47. The molecule has 6 heteroatoms. The third-order valence-corrected chi connectivity index (χ3v) is 2.44. The van der Waals surface area contributed by atoms with Crippen molar-refractivity contribution in [3.63, 3.8) is 0 Å². The molecule has 0 saturated carbocycles. The van der Waals surface area contributed by atoms with E-state index in [9.17, 15) is 4.79 Å². The Kier molecular flexibility index (Phi) is 5.35. The number of methoxy groups -OCH3 is 1. The summed E-state index contributed by atoms with van der Waals surface area (Å²) in [4.78, 5) is 11.4. The van der Waals surface area contributed by atoms with Gasteiger partial charge in [-0.1, -0.05) is 15.9 Å². The summed E-state index contributed by atoms with van der Waals surface area (Å²) in [6.07, 6.45) is 0.894. The maximum atomic E-state index is 11.4. The minimum Gasteiger partial charge on any atom is -0.496 e. The van der Waals surface area contributed by atoms with Crippen molar-refractivity contribution >= 4 is 28.2 Å². The van der Waals surface area contributed by atoms with Crippen molar-refractivity contribution in [3.05, 3.63) is 28.2 Å². The molecule has 1 aromatic rings. The first-order chi connectivity index (χ1) is 8.81. The highest BCUT2D eigenvalue weighted by Crippen LogP contribution is 2.21. The summed E-state index contributed by atoms with van der Waals surface area (Å²) in [5.41, 5.74) is 2.49. The Morgan fingerprint density at radius 3 is 2.68 bits per heavy atom. The van der Waals surface area contributed by atoms with Crippen molar-refractivity contribution in [1.82, 2.24) is 5.43 Å². The first-order valence-electron chi connectivity index (χ1n) is 5.67. The Hall–Kier alpha value is -1.56. The number of nitrogens with zero attached hydrogens (tertiary/aromatic N) is 1. The van der Waals surface area contributed by atoms with Crippen LogP contribution in [0.2, 0.25) is 0 Å². The van der Waals surface area contributed by atoms with Crippen molar-refractivity contribution in [2.45, 2.75) is 26.4 Å². The Labute approximate surface area is 121 Å². The van der Waals surface area contributed by atoms with Crippen molar-refractivity contribution in [2.24, 2.45) is 5.10 Å². The van der Waals surface area contributed by atoms with E-state index in [1.54, 1.807) is 33.9 Å². The van der Waals surface area contributed by atoms with Gasteiger partial charge in [0.15, 0.2) is 0 Å². The average Bonchev–Trinajstić information content (AvgIpc) is 2.27. The maximum Gasteiger partial charge on any atom is 0.428 e. The van der Waals surface area contributed by atoms with Gasteiger partial charge >= 0.3 is 6.09 Å². The molecule has 0 heterocycles. The summed E-state index contributed by atoms with van der Waals surface area (Å²) in [5.74, 6) is 0.665. The van der Waals surface area contributed by atoms with Crippen LogP contribution in [0.15, 0.2) is 27.8 Å². The fourth-order valence-electron chi connectivity index (χ4n) is 1.26. The van der Waals surface area contributed by atoms with Crippen molar-refractivity contribution < 1.29 is 14.3 Å². The molecule has 0 bridgehead atoms. The minimum atomic E-state index is -0.599. The van der Waals surface area contributed by atoms with Gasteiger partial charge in [0.2, 0.25) is 0 Å². The molecule has 1 aromatic carbocycles. The number of hydrogen-bond donors (Lipinski definition) is 1. The van der Waals surface area contributed by atoms with Crippen LogP contribution in [0.1, 0.15) is 26.3 Å². The predicted molar refractivity (Wildman–Crippen MR) is 77.7 cm³/mol. The van der Waals surface area contributed by atoms with Gasteiger partial charge in [-0.15, -0.1) is 0 Å². The van der Waals surface area contributed by atoms with E-state index in [0.29, 0.717) is 5.75 Å². The average molecular weight is 329 g/mol. The van der Waals surface area contributed by atoms with Gasteiger partial charge in [0.1, 0.15) is 11.4 Å². The van der Waals surface area contributed by atoms with Crippen LogP contribution < -0.4 is 10.2 Å². The molecule has 0 spiro atoms. The normalized spacial score (nSPS) is 11.4. The SMILES string of the molecule is COc1ccc(Br)cc1/C=N\NC(=O)OC(C)(C)C. The highest BCUT2D eigenvalue weighted by molar-refractivity contribution is 9.10. The zero-order chi connectivity index (χ0) is 14.5. The van der Waals surface area contributed by atoms with Gasteiger partial charge < -0.3 is 9.47 Å². The van der Waals surface area contributed by atoms with Crippen LogP contribution in [0.4, 0.5) is 4.79 Å². The Morgan fingerprint density at radius 1 is 1.42 bits per heavy atom. The lowest BCUT2D eigenvalue weighted by Gasteiger charge is -2.18. The van der Waals surface area contributed by atoms with E-state index in [1.165, 1.54) is 6.21 Å². The van der Waals surface area contributed by atoms with Gasteiger partial charge in [-0.2, -0.15) is 5.10 Å². The highest BCUT2D eigenvalue weighted by atomic mass is 79.9. The number of ether oxygens (including phenoxy) is 2. The van der Waals surface area contributed by atoms with E-state index in [0.717, 1.165) is 10.0 Å². The van der Waals surface area contributed by atoms with Crippen LogP contribution >= 0.6 is 15.9 Å². The van der Waals surface area contributed by atoms with Crippen molar-refractivity contribution in [1.29, 1.82) is 0 Å². The standard InChI is InChI=1S/C13H17BrN2O3/c1-13(2,3)19-12(17)16-15-8-9-7-10(14)5-6-11(9)18-4/h5-8H,1-4H3,(H,16,17)/b15-8-. The summed E-state index contributed by atoms with van der Waals surface area (Å²) in [6, 6.07) is 5.50. The van der Waals surface area contributed by atoms with Crippen LogP contribution in [0.3, 0.4) is 0 Å². The molecule has 0 fully saturated rings. The number of hydrogen-bond acceptors (Lipinski definition) is 4. The van der Waals surface area contributed by atoms with Crippen molar-refractivity contribution in [3.8, 4) is 5.75 Å². The second-order valence-electron chi connectivity index (χ2n) is 4.76. The number of rotatable bonds is 3. The first kappa shape index (κ1) is 15.5. The van der Waals surface area contributed by atoms with E-state index < -0.39 is 11.7 Å². The molecule has 0 radical (unpaired) electrons. The van der Waals surface area contributed by atoms with E-state index in [4.69, 9.17) is 9.47 Å². The van der Waals surface area contributed by atoms with Crippen LogP contribution in [0.25, 0.3) is 0 Å². The molecule has 5 nitrogen and oxygen atoms in total. The number of benzene rings is 1. The molecule has 0 aliphatic heterocycles. The zero-order valence-corrected chi connectivity index (χ0v) is 12.9. The molecule has 104 valence electrons. The third kappa shape index (κ3) is 5.74. The number of carbonyl (C=O) groups excluding carboxylic acids is 1. The van der Waals surface area contributed by atoms with Crippen molar-refractivity contribution in [2.75, 3.05) is 7.11 Å². The third-order valence-electron chi connectivity index (χ3n) is 1.95. The summed E-state index contributed by atoms with van der Waals surface area (Å²) >= 11 is 3.36. The van der Waals surface area contributed by atoms with Gasteiger partial charge in [0.25, 0.3) is 0 Å². The summed E-state index contributed by atoms with van der Waals surface area (Å²) in [7, 11) is 1.57. The molecule has 0 saturated heterocycles. The second kappa shape index (κ2) is 6.56. The number of hydrazone groups is 1. The molecule has 1 amide bonds. The lowest BCUT2D eigenvalue weighted by molar-refractivity contribution is 0.0529. The molecule has 1 N–H and O–H groups in total. The number of carbonyl (C=O) groups is 1. The Balaban J connectivity index is 2.67. The van der Waals surface area contributed by atoms with Gasteiger partial charge in [-0.05, 0) is 39.0 Å². The monoisotopic (exact) mass is 328 g/mol. The predicted octanol–water partition coefficient (Wildman–Crippen LogP) is 3.32. The Bertz CT molecular complexity index is 481. The fraction of sp³-hybridized carbons (Fsp3) is 0.385. The molecular weight excluding hydrogens is 312 g/mol. The summed E-state index contributed by atoms with van der Waals surface area (Å²) in [5, 5.41) is 3.83. The largest absolute Gasteiger partial charge is 0.496 e. The van der Waals surface area contributed by atoms with E-state index >= 15 is 0 Å². The smallest absolute Gasteiger partial charge is 0.428 e. The van der Waals surface area contributed by atoms with Gasteiger partial charge in [0.05, 0.1) is 13.3 Å². The molecule has 0 unspecified atom stereocenters. The maximum absolute atomic E-state index is 11.4. The number of nitrogens with one attached hydrogen (secondary N) is 1. The van der Waals surface area contributed by atoms with Gasteiger partial charge in [0, 0.05) is 10.0 Å². The molecule has 0 aliphatic rings. The van der Waals surface area contributed by atoms with Crippen LogP contribution in [0, 0.1) is 0 Å². The second-order valence-corrected chi connectivity index (χ2v) is 5.67. The van der Waals surface area contributed by atoms with Gasteiger partial charge in [-0.3, -0.25) is 0 Å². The van der Waals surface area contributed by atoms with E-state index in [1.807, 2.05) is 12.1 Å². The van der Waals surface area contributed by atoms with Crippen LogP contribution in [-0.2, 0) is 4.74 Å². The summed E-state index contributed by atoms with van der Waals surface area (Å²) < 4.78 is 11.1. The van der Waals surface area contributed by atoms with Crippen LogP contribution in [0.5, 0.6) is 5.75 Å². The zero-order valence-electron chi connectivity index (χ0n) is 11.4. The molecule has 0 aromatic heterocycles. The fourth-order valence-corrected chi connectivity index (χ4v) is 1.64. The van der Waals surface area contributed by atoms with Gasteiger partial charge in [-0.25, -0.2) is 10.2 Å².